The topological polar surface area (TPSA) is 21.3 Å². The minimum absolute atomic E-state index is 0.586. The predicted molar refractivity (Wildman–Crippen MR) is 103 cm³/mol. The predicted octanol–water partition coefficient (Wildman–Crippen LogP) is 5.81. The van der Waals surface area contributed by atoms with Gasteiger partial charge in [0, 0.05) is 17.3 Å². The molecule has 0 radical (unpaired) electrons. The van der Waals surface area contributed by atoms with Gasteiger partial charge in [0.05, 0.1) is 7.11 Å². The second kappa shape index (κ2) is 7.57. The highest BCUT2D eigenvalue weighted by atomic mass is 16.5. The van der Waals surface area contributed by atoms with Gasteiger partial charge in [0.15, 0.2) is 0 Å². The Kier molecular flexibility index (Phi) is 5.24. The zero-order valence-corrected chi connectivity index (χ0v) is 14.8. The number of hydrogen-bond donors (Lipinski definition) is 1. The van der Waals surface area contributed by atoms with Gasteiger partial charge in [0.2, 0.25) is 0 Å². The smallest absolute Gasteiger partial charge is 0.118 e. The fourth-order valence-electron chi connectivity index (χ4n) is 3.46. The molecule has 0 heterocycles. The van der Waals surface area contributed by atoms with Gasteiger partial charge in [-0.05, 0) is 54.7 Å². The molecule has 0 bridgehead atoms. The molecule has 0 aromatic heterocycles. The maximum absolute atomic E-state index is 5.25. The molecule has 1 aliphatic rings. The van der Waals surface area contributed by atoms with Crippen LogP contribution in [0.3, 0.4) is 0 Å². The molecule has 2 aromatic carbocycles. The molecule has 1 aliphatic carbocycles. The molecule has 126 valence electrons. The molecule has 1 saturated carbocycles. The van der Waals surface area contributed by atoms with Crippen molar-refractivity contribution < 1.29 is 4.74 Å². The van der Waals surface area contributed by atoms with Crippen LogP contribution in [0.15, 0.2) is 49.0 Å². The second-order valence-electron chi connectivity index (χ2n) is 6.74. The highest BCUT2D eigenvalue weighted by molar-refractivity contribution is 5.85. The Morgan fingerprint density at radius 2 is 1.75 bits per heavy atom. The summed E-state index contributed by atoms with van der Waals surface area (Å²) in [6.45, 7) is 6.50. The molecule has 3 rings (SSSR count). The normalized spacial score (nSPS) is 15.1. The molecule has 2 aromatic rings. The van der Waals surface area contributed by atoms with E-state index in [1.54, 1.807) is 7.11 Å². The van der Waals surface area contributed by atoms with Crippen LogP contribution < -0.4 is 10.1 Å². The zero-order chi connectivity index (χ0) is 16.9. The van der Waals surface area contributed by atoms with Crippen molar-refractivity contribution in [2.45, 2.75) is 45.1 Å². The van der Waals surface area contributed by atoms with Crippen molar-refractivity contribution in [2.24, 2.45) is 0 Å². The lowest BCUT2D eigenvalue weighted by Crippen LogP contribution is -2.22. The van der Waals surface area contributed by atoms with Crippen LogP contribution in [-0.4, -0.2) is 13.2 Å². The van der Waals surface area contributed by atoms with E-state index in [2.05, 4.69) is 49.2 Å². The van der Waals surface area contributed by atoms with Gasteiger partial charge in [-0.1, -0.05) is 50.1 Å². The Morgan fingerprint density at radius 3 is 2.42 bits per heavy atom. The summed E-state index contributed by atoms with van der Waals surface area (Å²) in [6.07, 6.45) is 6.57. The fraction of sp³-hybridized carbons (Fsp3) is 0.364. The summed E-state index contributed by atoms with van der Waals surface area (Å²) >= 11 is 0. The number of ether oxygens (including phenoxy) is 1. The first-order chi connectivity index (χ1) is 11.7. The number of benzene rings is 2. The Morgan fingerprint density at radius 1 is 1.04 bits per heavy atom. The first-order valence-electron chi connectivity index (χ1n) is 8.88. The van der Waals surface area contributed by atoms with E-state index in [-0.39, 0.29) is 0 Å². The van der Waals surface area contributed by atoms with E-state index in [0.717, 1.165) is 16.9 Å². The van der Waals surface area contributed by atoms with Crippen LogP contribution >= 0.6 is 0 Å². The van der Waals surface area contributed by atoms with E-state index in [1.165, 1.54) is 48.9 Å². The summed E-state index contributed by atoms with van der Waals surface area (Å²) in [6, 6.07) is 15.3. The van der Waals surface area contributed by atoms with Gasteiger partial charge in [0.25, 0.3) is 0 Å². The average Bonchev–Trinajstić information content (AvgIpc) is 2.62. The first-order valence-corrected chi connectivity index (χ1v) is 8.88. The lowest BCUT2D eigenvalue weighted by atomic mass is 9.93. The van der Waals surface area contributed by atoms with Crippen LogP contribution in [0.4, 0.5) is 5.69 Å². The van der Waals surface area contributed by atoms with Gasteiger partial charge in [-0.2, -0.15) is 0 Å². The molecule has 2 heteroatoms. The Bertz CT molecular complexity index is 696. The molecule has 0 saturated heterocycles. The Balaban J connectivity index is 1.86. The van der Waals surface area contributed by atoms with Crippen molar-refractivity contribution in [3.63, 3.8) is 0 Å². The molecule has 0 spiro atoms. The van der Waals surface area contributed by atoms with Crippen LogP contribution in [-0.2, 0) is 0 Å². The van der Waals surface area contributed by atoms with E-state index >= 15 is 0 Å². The van der Waals surface area contributed by atoms with Gasteiger partial charge < -0.3 is 10.1 Å². The molecule has 0 aliphatic heterocycles. The largest absolute Gasteiger partial charge is 0.497 e. The van der Waals surface area contributed by atoms with E-state index in [0.29, 0.717) is 6.04 Å². The summed E-state index contributed by atoms with van der Waals surface area (Å²) in [5, 5.41) is 3.78. The van der Waals surface area contributed by atoms with Crippen molar-refractivity contribution in [2.75, 3.05) is 12.4 Å². The van der Waals surface area contributed by atoms with Gasteiger partial charge in [-0.3, -0.25) is 0 Å². The molecule has 1 N–H and O–H groups in total. The van der Waals surface area contributed by atoms with Crippen LogP contribution in [0.25, 0.3) is 5.57 Å². The average molecular weight is 321 g/mol. The Labute approximate surface area is 145 Å². The van der Waals surface area contributed by atoms with E-state index in [4.69, 9.17) is 4.74 Å². The van der Waals surface area contributed by atoms with Crippen molar-refractivity contribution in [3.8, 4) is 5.75 Å². The molecule has 1 fully saturated rings. The highest BCUT2D eigenvalue weighted by Crippen LogP contribution is 2.32. The van der Waals surface area contributed by atoms with Gasteiger partial charge >= 0.3 is 0 Å². The van der Waals surface area contributed by atoms with Crippen LogP contribution in [0, 0.1) is 6.92 Å². The van der Waals surface area contributed by atoms with Crippen LogP contribution in [0.1, 0.15) is 48.8 Å². The van der Waals surface area contributed by atoms with Gasteiger partial charge in [-0.15, -0.1) is 0 Å². The van der Waals surface area contributed by atoms with Crippen molar-refractivity contribution in [1.29, 1.82) is 0 Å². The third-order valence-corrected chi connectivity index (χ3v) is 4.90. The third-order valence-electron chi connectivity index (χ3n) is 4.90. The summed E-state index contributed by atoms with van der Waals surface area (Å²) in [5.41, 5.74) is 5.86. The molecule has 2 nitrogen and oxygen atoms in total. The van der Waals surface area contributed by atoms with E-state index < -0.39 is 0 Å². The van der Waals surface area contributed by atoms with Gasteiger partial charge in [-0.25, -0.2) is 0 Å². The summed E-state index contributed by atoms with van der Waals surface area (Å²) < 4.78 is 5.25. The van der Waals surface area contributed by atoms with Gasteiger partial charge in [0.1, 0.15) is 5.75 Å². The van der Waals surface area contributed by atoms with Crippen molar-refractivity contribution >= 4 is 11.3 Å². The first kappa shape index (κ1) is 16.6. The fourth-order valence-corrected chi connectivity index (χ4v) is 3.46. The molecular weight excluding hydrogens is 294 g/mol. The Hall–Kier alpha value is -2.22. The maximum Gasteiger partial charge on any atom is 0.118 e. The minimum Gasteiger partial charge on any atom is -0.497 e. The van der Waals surface area contributed by atoms with E-state index in [9.17, 15) is 0 Å². The number of aryl methyl sites for hydroxylation is 1. The van der Waals surface area contributed by atoms with Crippen molar-refractivity contribution in [3.05, 3.63) is 65.7 Å². The molecule has 0 unspecified atom stereocenters. The van der Waals surface area contributed by atoms with Crippen LogP contribution in [0.5, 0.6) is 5.75 Å². The lowest BCUT2D eigenvalue weighted by Gasteiger charge is -2.26. The number of methoxy groups -OCH3 is 1. The van der Waals surface area contributed by atoms with Crippen LogP contribution in [0.2, 0.25) is 0 Å². The monoisotopic (exact) mass is 321 g/mol. The number of hydrogen-bond acceptors (Lipinski definition) is 2. The number of nitrogens with one attached hydrogen (secondary N) is 1. The minimum atomic E-state index is 0.586. The standard InChI is InChI=1S/C22H27NO/c1-16-9-14-21(17(2)18-10-12-20(24-3)13-11-18)22(15-16)23-19-7-5-4-6-8-19/h9-15,19,23H,2,4-8H2,1,3H3. The SMILES string of the molecule is C=C(c1ccc(OC)cc1)c1ccc(C)cc1NC1CCCCC1. The van der Waals surface area contributed by atoms with E-state index in [1.807, 2.05) is 12.1 Å². The summed E-state index contributed by atoms with van der Waals surface area (Å²) in [7, 11) is 1.69. The zero-order valence-electron chi connectivity index (χ0n) is 14.8. The summed E-state index contributed by atoms with van der Waals surface area (Å²) in [4.78, 5) is 0. The molecule has 0 atom stereocenters. The quantitative estimate of drug-likeness (QED) is 0.750. The maximum atomic E-state index is 5.25. The highest BCUT2D eigenvalue weighted by Gasteiger charge is 2.16. The second-order valence-corrected chi connectivity index (χ2v) is 6.74. The third kappa shape index (κ3) is 3.81. The summed E-state index contributed by atoms with van der Waals surface area (Å²) in [5.74, 6) is 0.871. The number of anilines is 1. The lowest BCUT2D eigenvalue weighted by molar-refractivity contribution is 0.415. The molecule has 24 heavy (non-hydrogen) atoms. The molecular formula is C22H27NO. The van der Waals surface area contributed by atoms with Crippen molar-refractivity contribution in [1.82, 2.24) is 0 Å². The molecule has 0 amide bonds. The number of rotatable bonds is 5.